The zero-order valence-electron chi connectivity index (χ0n) is 16.3. The molecule has 0 bridgehead atoms. The van der Waals surface area contributed by atoms with Crippen LogP contribution in [0.15, 0.2) is 30.3 Å². The number of aromatic nitrogens is 3. The van der Waals surface area contributed by atoms with Crippen LogP contribution in [0.1, 0.15) is 30.3 Å². The molecule has 3 aromatic rings. The molecule has 156 valence electrons. The smallest absolute Gasteiger partial charge is 0.186 e. The van der Waals surface area contributed by atoms with Crippen molar-refractivity contribution in [3.63, 3.8) is 0 Å². The summed E-state index contributed by atoms with van der Waals surface area (Å²) in [5.74, 6) is 2.42. The Morgan fingerprint density at radius 1 is 0.966 bits per heavy atom. The summed E-state index contributed by atoms with van der Waals surface area (Å²) in [6.45, 7) is 5.83. The van der Waals surface area contributed by atoms with E-state index in [0.717, 1.165) is 67.0 Å². The van der Waals surface area contributed by atoms with Crippen molar-refractivity contribution in [3.8, 4) is 0 Å². The first-order valence-corrected chi connectivity index (χ1v) is 10.4. The van der Waals surface area contributed by atoms with E-state index < -0.39 is 0 Å². The highest BCUT2D eigenvalue weighted by Gasteiger charge is 2.30. The summed E-state index contributed by atoms with van der Waals surface area (Å²) in [6.07, 6.45) is 2.09. The monoisotopic (exact) mass is 452 g/mol. The molecule has 29 heavy (non-hydrogen) atoms. The van der Waals surface area contributed by atoms with E-state index in [9.17, 15) is 0 Å². The van der Waals surface area contributed by atoms with Gasteiger partial charge in [0.15, 0.2) is 5.13 Å². The van der Waals surface area contributed by atoms with E-state index >= 15 is 0 Å². The summed E-state index contributed by atoms with van der Waals surface area (Å²) >= 11 is 1.78. The molecule has 1 aromatic carbocycles. The number of aryl methyl sites for hydroxylation is 1. The predicted octanol–water partition coefficient (Wildman–Crippen LogP) is 3.77. The van der Waals surface area contributed by atoms with E-state index in [4.69, 9.17) is 15.7 Å². The first-order chi connectivity index (χ1) is 13.2. The lowest BCUT2D eigenvalue weighted by Crippen LogP contribution is -2.47. The summed E-state index contributed by atoms with van der Waals surface area (Å²) in [6, 6.07) is 10.9. The Morgan fingerprint density at radius 2 is 1.66 bits per heavy atom. The molecule has 3 heterocycles. The number of anilines is 2. The van der Waals surface area contributed by atoms with Crippen LogP contribution in [0.2, 0.25) is 0 Å². The summed E-state index contributed by atoms with van der Waals surface area (Å²) in [4.78, 5) is 18.9. The standard InChI is InChI=1S/C20H24N6S.2ClH/c1-13-22-17(14-10-15(21)11-14)12-19(23-13)25-6-8-26(9-7-25)20-24-16-4-2-3-5-18(16)27-20;;/h2-5,12,14-15H,6-11,21H2,1H3;2*1H. The Balaban J connectivity index is 0.00000120. The SMILES string of the molecule is Cc1nc(C2CC(N)C2)cc(N2CCN(c3nc4ccccc4s3)CC2)n1.Cl.Cl. The fourth-order valence-corrected chi connectivity index (χ4v) is 4.99. The van der Waals surface area contributed by atoms with Crippen LogP contribution in [0.25, 0.3) is 10.2 Å². The minimum absolute atomic E-state index is 0. The Morgan fingerprint density at radius 3 is 2.34 bits per heavy atom. The first-order valence-electron chi connectivity index (χ1n) is 9.62. The molecule has 6 nitrogen and oxygen atoms in total. The van der Waals surface area contributed by atoms with Gasteiger partial charge in [-0.1, -0.05) is 23.5 Å². The van der Waals surface area contributed by atoms with Gasteiger partial charge < -0.3 is 15.5 Å². The number of piperazine rings is 1. The fraction of sp³-hybridized carbons (Fsp3) is 0.450. The summed E-state index contributed by atoms with van der Waals surface area (Å²) in [5, 5.41) is 1.12. The van der Waals surface area contributed by atoms with E-state index in [0.29, 0.717) is 12.0 Å². The van der Waals surface area contributed by atoms with Gasteiger partial charge in [-0.25, -0.2) is 15.0 Å². The molecule has 2 N–H and O–H groups in total. The summed E-state index contributed by atoms with van der Waals surface area (Å²) < 4.78 is 1.25. The van der Waals surface area contributed by atoms with Crippen molar-refractivity contribution in [2.75, 3.05) is 36.0 Å². The molecule has 1 saturated carbocycles. The molecular formula is C20H26Cl2N6S. The third-order valence-electron chi connectivity index (χ3n) is 5.59. The van der Waals surface area contributed by atoms with Gasteiger partial charge in [-0.05, 0) is 31.9 Å². The summed E-state index contributed by atoms with van der Waals surface area (Å²) in [7, 11) is 0. The lowest BCUT2D eigenvalue weighted by atomic mass is 9.78. The minimum Gasteiger partial charge on any atom is -0.353 e. The molecule has 5 rings (SSSR count). The lowest BCUT2D eigenvalue weighted by Gasteiger charge is -2.36. The van der Waals surface area contributed by atoms with Crippen molar-refractivity contribution < 1.29 is 0 Å². The maximum absolute atomic E-state index is 5.96. The number of halogens is 2. The highest BCUT2D eigenvalue weighted by Crippen LogP contribution is 2.36. The average molecular weight is 453 g/mol. The van der Waals surface area contributed by atoms with Crippen LogP contribution in [-0.2, 0) is 0 Å². The minimum atomic E-state index is 0. The van der Waals surface area contributed by atoms with Crippen molar-refractivity contribution in [2.24, 2.45) is 5.73 Å². The van der Waals surface area contributed by atoms with Gasteiger partial charge in [-0.2, -0.15) is 0 Å². The Labute approximate surface area is 187 Å². The quantitative estimate of drug-likeness (QED) is 0.651. The topological polar surface area (TPSA) is 71.2 Å². The number of hydrogen-bond donors (Lipinski definition) is 1. The second-order valence-corrected chi connectivity index (χ2v) is 8.57. The highest BCUT2D eigenvalue weighted by atomic mass is 35.5. The number of thiazole rings is 1. The van der Waals surface area contributed by atoms with Gasteiger partial charge in [-0.15, -0.1) is 24.8 Å². The van der Waals surface area contributed by atoms with Crippen LogP contribution in [0.5, 0.6) is 0 Å². The van der Waals surface area contributed by atoms with Crippen molar-refractivity contribution >= 4 is 57.3 Å². The molecule has 2 aliphatic rings. The molecule has 2 aromatic heterocycles. The zero-order valence-corrected chi connectivity index (χ0v) is 18.8. The largest absolute Gasteiger partial charge is 0.353 e. The molecule has 9 heteroatoms. The van der Waals surface area contributed by atoms with Crippen LogP contribution in [0.3, 0.4) is 0 Å². The molecular weight excluding hydrogens is 427 g/mol. The van der Waals surface area contributed by atoms with Gasteiger partial charge in [0.25, 0.3) is 0 Å². The maximum Gasteiger partial charge on any atom is 0.186 e. The van der Waals surface area contributed by atoms with Crippen LogP contribution >= 0.6 is 36.2 Å². The molecule has 1 aliphatic carbocycles. The normalized spacial score (nSPS) is 21.3. The van der Waals surface area contributed by atoms with E-state index in [2.05, 4.69) is 39.0 Å². The number of fused-ring (bicyclic) bond motifs is 1. The molecule has 0 spiro atoms. The van der Waals surface area contributed by atoms with E-state index in [1.165, 1.54) is 4.70 Å². The molecule has 0 unspecified atom stereocenters. The van der Waals surface area contributed by atoms with Gasteiger partial charge in [-0.3, -0.25) is 0 Å². The fourth-order valence-electron chi connectivity index (χ4n) is 3.97. The number of benzene rings is 1. The van der Waals surface area contributed by atoms with Crippen LogP contribution < -0.4 is 15.5 Å². The molecule has 2 fully saturated rings. The Kier molecular flexibility index (Phi) is 6.83. The van der Waals surface area contributed by atoms with Crippen molar-refractivity contribution in [3.05, 3.63) is 41.9 Å². The summed E-state index contributed by atoms with van der Waals surface area (Å²) in [5.41, 5.74) is 8.21. The highest BCUT2D eigenvalue weighted by molar-refractivity contribution is 7.22. The number of nitrogens with two attached hydrogens (primary N) is 1. The van der Waals surface area contributed by atoms with Crippen molar-refractivity contribution in [1.29, 1.82) is 0 Å². The van der Waals surface area contributed by atoms with Crippen LogP contribution in [-0.4, -0.2) is 47.2 Å². The number of para-hydroxylation sites is 1. The number of nitrogens with zero attached hydrogens (tertiary/aromatic N) is 5. The molecule has 1 saturated heterocycles. The predicted molar refractivity (Wildman–Crippen MR) is 125 cm³/mol. The van der Waals surface area contributed by atoms with Gasteiger partial charge in [0.2, 0.25) is 0 Å². The van der Waals surface area contributed by atoms with Crippen molar-refractivity contribution in [1.82, 2.24) is 15.0 Å². The Bertz CT molecular complexity index is 934. The lowest BCUT2D eigenvalue weighted by molar-refractivity contribution is 0.344. The average Bonchev–Trinajstić information content (AvgIpc) is 3.09. The van der Waals surface area contributed by atoms with Gasteiger partial charge in [0.1, 0.15) is 11.6 Å². The third kappa shape index (κ3) is 4.43. The number of rotatable bonds is 3. The Hall–Kier alpha value is -1.67. The second-order valence-electron chi connectivity index (χ2n) is 7.56. The zero-order chi connectivity index (χ0) is 18.4. The first kappa shape index (κ1) is 22.0. The maximum atomic E-state index is 5.96. The van der Waals surface area contributed by atoms with Gasteiger partial charge in [0, 0.05) is 49.9 Å². The second kappa shape index (κ2) is 9.00. The number of hydrogen-bond acceptors (Lipinski definition) is 7. The van der Waals surface area contributed by atoms with Crippen molar-refractivity contribution in [2.45, 2.75) is 31.7 Å². The molecule has 0 amide bonds. The van der Waals surface area contributed by atoms with E-state index in [-0.39, 0.29) is 24.8 Å². The third-order valence-corrected chi connectivity index (χ3v) is 6.69. The molecule has 1 aliphatic heterocycles. The van der Waals surface area contributed by atoms with Gasteiger partial charge in [0.05, 0.1) is 10.2 Å². The molecule has 0 radical (unpaired) electrons. The van der Waals surface area contributed by atoms with E-state index in [1.54, 1.807) is 11.3 Å². The van der Waals surface area contributed by atoms with E-state index in [1.807, 2.05) is 13.0 Å². The van der Waals surface area contributed by atoms with Crippen LogP contribution in [0, 0.1) is 6.92 Å². The molecule has 0 atom stereocenters. The van der Waals surface area contributed by atoms with Gasteiger partial charge >= 0.3 is 0 Å². The van der Waals surface area contributed by atoms with Crippen LogP contribution in [0.4, 0.5) is 10.9 Å².